The average molecular weight is 640 g/mol. The van der Waals surface area contributed by atoms with E-state index in [9.17, 15) is 14.7 Å². The third-order valence-electron chi connectivity index (χ3n) is 7.12. The highest BCUT2D eigenvalue weighted by atomic mass is 35.5. The molecule has 5 aromatic rings. The fraction of sp³-hybridized carbons (Fsp3) is 0.118. The van der Waals surface area contributed by atoms with E-state index in [0.29, 0.717) is 37.7 Å². The summed E-state index contributed by atoms with van der Waals surface area (Å²) in [5.41, 5.74) is 3.78. The molecule has 1 aliphatic heterocycles. The van der Waals surface area contributed by atoms with E-state index in [2.05, 4.69) is 10.2 Å². The Morgan fingerprint density at radius 3 is 2.45 bits per heavy atom. The van der Waals surface area contributed by atoms with Crippen LogP contribution in [0, 0.1) is 13.8 Å². The van der Waals surface area contributed by atoms with E-state index in [4.69, 9.17) is 16.3 Å². The maximum absolute atomic E-state index is 13.7. The SMILES string of the molecule is Cc1ccc(C)c(C(O)=C2C(=O)C(=O)N(c3nnc(SCc4ccc(Cl)cc4)s3)C2c2cccc(Oc3ccccc3)c2)c1. The van der Waals surface area contributed by atoms with Crippen LogP contribution in [0.1, 0.15) is 33.9 Å². The third-order valence-corrected chi connectivity index (χ3v) is 9.50. The van der Waals surface area contributed by atoms with Crippen LogP contribution in [0.15, 0.2) is 107 Å². The number of carbonyl (C=O) groups excluding carboxylic acids is 2. The number of carbonyl (C=O) groups is 2. The number of aryl methyl sites for hydroxylation is 2. The molecular weight excluding hydrogens is 614 g/mol. The van der Waals surface area contributed by atoms with Gasteiger partial charge in [-0.3, -0.25) is 14.5 Å². The highest BCUT2D eigenvalue weighted by Gasteiger charge is 2.48. The molecule has 0 bridgehead atoms. The molecule has 2 heterocycles. The van der Waals surface area contributed by atoms with Gasteiger partial charge in [0.1, 0.15) is 17.3 Å². The van der Waals surface area contributed by atoms with Crippen LogP contribution in [0.25, 0.3) is 5.76 Å². The van der Waals surface area contributed by atoms with Crippen LogP contribution in [0.3, 0.4) is 0 Å². The van der Waals surface area contributed by atoms with E-state index in [1.165, 1.54) is 28.0 Å². The molecule has 0 radical (unpaired) electrons. The van der Waals surface area contributed by atoms with Crippen LogP contribution in [0.2, 0.25) is 5.02 Å². The second-order valence-electron chi connectivity index (χ2n) is 10.2. The van der Waals surface area contributed by atoms with Crippen LogP contribution in [-0.2, 0) is 15.3 Å². The molecule has 6 rings (SSSR count). The van der Waals surface area contributed by atoms with Crippen LogP contribution in [0.4, 0.5) is 5.13 Å². The molecule has 4 aromatic carbocycles. The van der Waals surface area contributed by atoms with Crippen molar-refractivity contribution < 1.29 is 19.4 Å². The molecule has 220 valence electrons. The van der Waals surface area contributed by atoms with Gasteiger partial charge in [-0.05, 0) is 73.0 Å². The van der Waals surface area contributed by atoms with E-state index >= 15 is 0 Å². The van der Waals surface area contributed by atoms with Crippen LogP contribution in [-0.4, -0.2) is 27.0 Å². The first-order valence-electron chi connectivity index (χ1n) is 13.7. The number of hydrogen-bond donors (Lipinski definition) is 1. The summed E-state index contributed by atoms with van der Waals surface area (Å²) in [5.74, 6) is -0.0501. The van der Waals surface area contributed by atoms with Crippen LogP contribution < -0.4 is 9.64 Å². The summed E-state index contributed by atoms with van der Waals surface area (Å²) < 4.78 is 6.70. The first kappa shape index (κ1) is 29.6. The fourth-order valence-electron chi connectivity index (χ4n) is 4.94. The standard InChI is InChI=1S/C34H26ClN3O4S2/c1-20-11-12-21(2)27(17-20)30(39)28-29(23-7-6-10-26(18-23)42-25-8-4-3-5-9-25)38(32(41)31(28)40)33-36-37-34(44-33)43-19-22-13-15-24(35)16-14-22/h3-18,29,39H,19H2,1-2H3. The number of benzene rings is 4. The Morgan fingerprint density at radius 2 is 1.68 bits per heavy atom. The van der Waals surface area contributed by atoms with E-state index in [1.807, 2.05) is 80.6 Å². The number of hydrogen-bond acceptors (Lipinski definition) is 8. The Hall–Kier alpha value is -4.44. The average Bonchev–Trinajstić information content (AvgIpc) is 3.60. The van der Waals surface area contributed by atoms with E-state index in [-0.39, 0.29) is 16.5 Å². The number of para-hydroxylation sites is 1. The molecule has 0 spiro atoms. The third kappa shape index (κ3) is 6.12. The lowest BCUT2D eigenvalue weighted by molar-refractivity contribution is -0.132. The molecule has 1 amide bonds. The number of Topliss-reactive ketones (excluding diaryl/α,β-unsaturated/α-hetero) is 1. The molecule has 7 nitrogen and oxygen atoms in total. The van der Waals surface area contributed by atoms with Crippen molar-refractivity contribution in [2.24, 2.45) is 0 Å². The van der Waals surface area contributed by atoms with E-state index < -0.39 is 17.7 Å². The Labute approximate surface area is 267 Å². The number of ketones is 1. The van der Waals surface area contributed by atoms with Gasteiger partial charge in [-0.25, -0.2) is 0 Å². The Bertz CT molecular complexity index is 1890. The molecule has 1 unspecified atom stereocenters. The van der Waals surface area contributed by atoms with E-state index in [1.54, 1.807) is 30.3 Å². The van der Waals surface area contributed by atoms with Crippen molar-refractivity contribution in [2.45, 2.75) is 30.0 Å². The number of aliphatic hydroxyl groups excluding tert-OH is 1. The van der Waals surface area contributed by atoms with Gasteiger partial charge >= 0.3 is 5.91 Å². The monoisotopic (exact) mass is 639 g/mol. The van der Waals surface area contributed by atoms with Gasteiger partial charge in [0, 0.05) is 16.3 Å². The topological polar surface area (TPSA) is 92.6 Å². The Morgan fingerprint density at radius 1 is 0.932 bits per heavy atom. The number of ether oxygens (including phenoxy) is 1. The highest BCUT2D eigenvalue weighted by Crippen LogP contribution is 2.45. The Balaban J connectivity index is 1.41. The van der Waals surface area contributed by atoms with Crippen molar-refractivity contribution >= 4 is 57.3 Å². The molecule has 0 saturated carbocycles. The molecule has 1 fully saturated rings. The first-order chi connectivity index (χ1) is 21.3. The number of thioether (sulfide) groups is 1. The minimum atomic E-state index is -0.962. The smallest absolute Gasteiger partial charge is 0.301 e. The van der Waals surface area contributed by atoms with Gasteiger partial charge in [-0.1, -0.05) is 94.9 Å². The second-order valence-corrected chi connectivity index (χ2v) is 12.9. The van der Waals surface area contributed by atoms with Crippen molar-refractivity contribution in [3.8, 4) is 11.5 Å². The lowest BCUT2D eigenvalue weighted by atomic mass is 9.93. The van der Waals surface area contributed by atoms with Gasteiger partial charge in [0.15, 0.2) is 4.34 Å². The quantitative estimate of drug-likeness (QED) is 0.0598. The van der Waals surface area contributed by atoms with Gasteiger partial charge in [0.2, 0.25) is 5.13 Å². The van der Waals surface area contributed by atoms with Gasteiger partial charge in [0.25, 0.3) is 5.78 Å². The first-order valence-corrected chi connectivity index (χ1v) is 15.9. The van der Waals surface area contributed by atoms with Crippen molar-refractivity contribution in [1.82, 2.24) is 10.2 Å². The van der Waals surface area contributed by atoms with Crippen LogP contribution >= 0.6 is 34.7 Å². The maximum atomic E-state index is 13.7. The summed E-state index contributed by atoms with van der Waals surface area (Å²) in [6.07, 6.45) is 0. The summed E-state index contributed by atoms with van der Waals surface area (Å²) in [6.45, 7) is 3.75. The molecule has 0 aliphatic carbocycles. The number of aromatic nitrogens is 2. The largest absolute Gasteiger partial charge is 0.507 e. The molecular formula is C34H26ClN3O4S2. The van der Waals surface area contributed by atoms with Crippen molar-refractivity contribution in [1.29, 1.82) is 0 Å². The summed E-state index contributed by atoms with van der Waals surface area (Å²) in [5, 5.41) is 21.2. The van der Waals surface area contributed by atoms with Gasteiger partial charge in [-0.15, -0.1) is 10.2 Å². The zero-order valence-electron chi connectivity index (χ0n) is 23.7. The van der Waals surface area contributed by atoms with Gasteiger partial charge < -0.3 is 9.84 Å². The van der Waals surface area contributed by atoms with Gasteiger partial charge in [-0.2, -0.15) is 0 Å². The molecule has 44 heavy (non-hydrogen) atoms. The maximum Gasteiger partial charge on any atom is 0.301 e. The zero-order chi connectivity index (χ0) is 30.8. The molecule has 10 heteroatoms. The van der Waals surface area contributed by atoms with Crippen molar-refractivity contribution in [2.75, 3.05) is 4.90 Å². The van der Waals surface area contributed by atoms with Crippen molar-refractivity contribution in [3.63, 3.8) is 0 Å². The molecule has 1 atom stereocenters. The normalized spacial score (nSPS) is 16.0. The van der Waals surface area contributed by atoms with E-state index in [0.717, 1.165) is 16.7 Å². The summed E-state index contributed by atoms with van der Waals surface area (Å²) >= 11 is 8.69. The van der Waals surface area contributed by atoms with Crippen molar-refractivity contribution in [3.05, 3.63) is 135 Å². The fourth-order valence-corrected chi connectivity index (χ4v) is 6.89. The predicted octanol–water partition coefficient (Wildman–Crippen LogP) is 8.52. The molecule has 1 N–H and O–H groups in total. The zero-order valence-corrected chi connectivity index (χ0v) is 26.1. The minimum absolute atomic E-state index is 0.0221. The predicted molar refractivity (Wildman–Crippen MR) is 175 cm³/mol. The Kier molecular flexibility index (Phi) is 8.52. The number of amides is 1. The number of rotatable bonds is 8. The number of aliphatic hydroxyl groups is 1. The molecule has 1 aromatic heterocycles. The minimum Gasteiger partial charge on any atom is -0.507 e. The molecule has 1 aliphatic rings. The lowest BCUT2D eigenvalue weighted by Crippen LogP contribution is -2.29. The number of nitrogens with zero attached hydrogens (tertiary/aromatic N) is 3. The molecule has 1 saturated heterocycles. The highest BCUT2D eigenvalue weighted by molar-refractivity contribution is 8.00. The van der Waals surface area contributed by atoms with Gasteiger partial charge in [0.05, 0.1) is 11.6 Å². The lowest BCUT2D eigenvalue weighted by Gasteiger charge is -2.23. The summed E-state index contributed by atoms with van der Waals surface area (Å²) in [7, 11) is 0. The number of halogens is 1. The second kappa shape index (κ2) is 12.7. The number of anilines is 1. The summed E-state index contributed by atoms with van der Waals surface area (Å²) in [4.78, 5) is 28.7. The summed E-state index contributed by atoms with van der Waals surface area (Å²) in [6, 6.07) is 28.6. The van der Waals surface area contributed by atoms with Crippen LogP contribution in [0.5, 0.6) is 11.5 Å².